The predicted molar refractivity (Wildman–Crippen MR) is 135 cm³/mol. The van der Waals surface area contributed by atoms with E-state index in [1.54, 1.807) is 36.2 Å². The first-order chi connectivity index (χ1) is 16.0. The molecule has 1 aromatic heterocycles. The molecule has 0 spiro atoms. The number of pyridine rings is 1. The van der Waals surface area contributed by atoms with Gasteiger partial charge in [0.25, 0.3) is 5.91 Å². The molecule has 2 aromatic carbocycles. The molecule has 0 saturated heterocycles. The van der Waals surface area contributed by atoms with Crippen molar-refractivity contribution in [1.29, 1.82) is 0 Å². The van der Waals surface area contributed by atoms with E-state index in [9.17, 15) is 9.59 Å². The number of hydrogen-bond donors (Lipinski definition) is 4. The number of anilines is 3. The van der Waals surface area contributed by atoms with Gasteiger partial charge in [-0.1, -0.05) is 25.1 Å². The van der Waals surface area contributed by atoms with Crippen LogP contribution >= 0.6 is 11.8 Å². The van der Waals surface area contributed by atoms with E-state index >= 15 is 0 Å². The Hall–Kier alpha value is -3.52. The van der Waals surface area contributed by atoms with Crippen molar-refractivity contribution < 1.29 is 9.59 Å². The minimum atomic E-state index is -0.352. The summed E-state index contributed by atoms with van der Waals surface area (Å²) in [5.74, 6) is 0.357. The van der Waals surface area contributed by atoms with Gasteiger partial charge in [0.15, 0.2) is 0 Å². The van der Waals surface area contributed by atoms with Crippen LogP contribution < -0.4 is 21.3 Å². The molecule has 3 aromatic rings. The number of thioether (sulfide) groups is 1. The molecular formula is C25H29N5O2S. The number of benzene rings is 2. The summed E-state index contributed by atoms with van der Waals surface area (Å²) in [6.07, 6.45) is 4.59. The van der Waals surface area contributed by atoms with Gasteiger partial charge in [-0.05, 0) is 67.6 Å². The molecule has 4 N–H and O–H groups in total. The van der Waals surface area contributed by atoms with Crippen LogP contribution in [0.25, 0.3) is 0 Å². The van der Waals surface area contributed by atoms with E-state index in [1.165, 1.54) is 4.90 Å². The van der Waals surface area contributed by atoms with Crippen LogP contribution in [0.3, 0.4) is 0 Å². The van der Waals surface area contributed by atoms with Crippen molar-refractivity contribution in [2.24, 2.45) is 0 Å². The Bertz CT molecular complexity index is 1070. The lowest BCUT2D eigenvalue weighted by atomic mass is 10.1. The first-order valence-corrected chi connectivity index (χ1v) is 12.0. The van der Waals surface area contributed by atoms with Crippen LogP contribution in [-0.2, 0) is 6.54 Å². The largest absolute Gasteiger partial charge is 0.354 e. The third kappa shape index (κ3) is 7.54. The van der Waals surface area contributed by atoms with E-state index in [2.05, 4.69) is 38.4 Å². The standard InChI is InChI=1S/C25H29N5O2S/c1-4-17(2)28-24(31)19-10-8-18(9-11-19)15-27-25(32)30-23-13-12-21(16-26-23)29-20-6-5-7-22(14-20)33-3/h5-14,16-17,29H,4,15H2,1-3H3,(H,28,31)(H2,26,27,30,32). The van der Waals surface area contributed by atoms with Gasteiger partial charge >= 0.3 is 6.03 Å². The van der Waals surface area contributed by atoms with Gasteiger partial charge in [0.1, 0.15) is 5.82 Å². The molecule has 1 atom stereocenters. The zero-order valence-electron chi connectivity index (χ0n) is 19.0. The van der Waals surface area contributed by atoms with Crippen LogP contribution in [0.2, 0.25) is 0 Å². The molecule has 1 heterocycles. The van der Waals surface area contributed by atoms with Crippen LogP contribution in [0.15, 0.2) is 71.8 Å². The van der Waals surface area contributed by atoms with Gasteiger partial charge in [0.05, 0.1) is 11.9 Å². The lowest BCUT2D eigenvalue weighted by Crippen LogP contribution is -2.32. The summed E-state index contributed by atoms with van der Waals surface area (Å²) in [5.41, 5.74) is 3.30. The van der Waals surface area contributed by atoms with E-state index in [4.69, 9.17) is 0 Å². The molecule has 33 heavy (non-hydrogen) atoms. The number of carbonyl (C=O) groups is 2. The fourth-order valence-electron chi connectivity index (χ4n) is 2.94. The van der Waals surface area contributed by atoms with Gasteiger partial charge in [-0.3, -0.25) is 10.1 Å². The Morgan fingerprint density at radius 1 is 1.03 bits per heavy atom. The average Bonchev–Trinajstić information content (AvgIpc) is 2.84. The number of nitrogens with one attached hydrogen (secondary N) is 4. The summed E-state index contributed by atoms with van der Waals surface area (Å²) < 4.78 is 0. The van der Waals surface area contributed by atoms with Crippen molar-refractivity contribution in [3.05, 3.63) is 78.0 Å². The summed E-state index contributed by atoms with van der Waals surface area (Å²) in [6, 6.07) is 18.7. The third-order valence-electron chi connectivity index (χ3n) is 5.02. The Labute approximate surface area is 198 Å². The van der Waals surface area contributed by atoms with Crippen LogP contribution in [0.4, 0.5) is 22.0 Å². The molecule has 0 bridgehead atoms. The molecule has 3 amide bonds. The second-order valence-corrected chi connectivity index (χ2v) is 8.46. The highest BCUT2D eigenvalue weighted by Gasteiger charge is 2.09. The van der Waals surface area contributed by atoms with E-state index in [0.29, 0.717) is 17.9 Å². The molecular weight excluding hydrogens is 434 g/mol. The molecule has 0 aliphatic carbocycles. The summed E-state index contributed by atoms with van der Waals surface area (Å²) in [6.45, 7) is 4.33. The number of carbonyl (C=O) groups excluding carboxylic acids is 2. The Morgan fingerprint density at radius 2 is 1.82 bits per heavy atom. The Kier molecular flexibility index (Phi) is 8.71. The van der Waals surface area contributed by atoms with Crippen LogP contribution in [0.5, 0.6) is 0 Å². The summed E-state index contributed by atoms with van der Waals surface area (Å²) in [4.78, 5) is 29.8. The number of aromatic nitrogens is 1. The minimum absolute atomic E-state index is 0.0948. The highest BCUT2D eigenvalue weighted by Crippen LogP contribution is 2.22. The fourth-order valence-corrected chi connectivity index (χ4v) is 3.39. The number of amides is 3. The van der Waals surface area contributed by atoms with Crippen LogP contribution in [-0.4, -0.2) is 29.2 Å². The molecule has 7 nitrogen and oxygen atoms in total. The zero-order valence-corrected chi connectivity index (χ0v) is 19.8. The number of rotatable bonds is 9. The minimum Gasteiger partial charge on any atom is -0.354 e. The molecule has 3 rings (SSSR count). The van der Waals surface area contributed by atoms with Crippen molar-refractivity contribution in [2.75, 3.05) is 16.9 Å². The van der Waals surface area contributed by atoms with E-state index in [1.807, 2.05) is 50.4 Å². The number of urea groups is 1. The first-order valence-electron chi connectivity index (χ1n) is 10.8. The Morgan fingerprint density at radius 3 is 2.48 bits per heavy atom. The molecule has 0 aliphatic heterocycles. The quantitative estimate of drug-likeness (QED) is 0.319. The molecule has 0 aliphatic rings. The van der Waals surface area contributed by atoms with E-state index < -0.39 is 0 Å². The van der Waals surface area contributed by atoms with Crippen molar-refractivity contribution in [3.8, 4) is 0 Å². The smallest absolute Gasteiger partial charge is 0.320 e. The third-order valence-corrected chi connectivity index (χ3v) is 5.75. The molecule has 1 unspecified atom stereocenters. The second-order valence-electron chi connectivity index (χ2n) is 7.58. The van der Waals surface area contributed by atoms with E-state index in [0.717, 1.165) is 23.4 Å². The van der Waals surface area contributed by atoms with Crippen molar-refractivity contribution >= 4 is 40.9 Å². The lowest BCUT2D eigenvalue weighted by molar-refractivity contribution is 0.0939. The maximum absolute atomic E-state index is 12.2. The summed E-state index contributed by atoms with van der Waals surface area (Å²) >= 11 is 1.68. The average molecular weight is 464 g/mol. The summed E-state index contributed by atoms with van der Waals surface area (Å²) in [7, 11) is 0. The first kappa shape index (κ1) is 24.1. The maximum Gasteiger partial charge on any atom is 0.320 e. The topological polar surface area (TPSA) is 95.2 Å². The van der Waals surface area contributed by atoms with Crippen molar-refractivity contribution in [1.82, 2.24) is 15.6 Å². The maximum atomic E-state index is 12.2. The monoisotopic (exact) mass is 463 g/mol. The van der Waals surface area contributed by atoms with Gasteiger partial charge in [-0.25, -0.2) is 9.78 Å². The summed E-state index contributed by atoms with van der Waals surface area (Å²) in [5, 5.41) is 11.8. The molecule has 0 saturated carbocycles. The lowest BCUT2D eigenvalue weighted by Gasteiger charge is -2.12. The molecule has 0 radical (unpaired) electrons. The molecule has 172 valence electrons. The van der Waals surface area contributed by atoms with Gasteiger partial charge in [0, 0.05) is 28.7 Å². The fraction of sp³-hybridized carbons (Fsp3) is 0.240. The molecule has 0 fully saturated rings. The van der Waals surface area contributed by atoms with Crippen LogP contribution in [0.1, 0.15) is 36.2 Å². The van der Waals surface area contributed by atoms with Gasteiger partial charge in [-0.15, -0.1) is 11.8 Å². The van der Waals surface area contributed by atoms with Gasteiger partial charge in [0.2, 0.25) is 0 Å². The normalized spacial score (nSPS) is 11.4. The second kappa shape index (κ2) is 11.9. The van der Waals surface area contributed by atoms with Crippen molar-refractivity contribution in [2.45, 2.75) is 37.8 Å². The predicted octanol–water partition coefficient (Wildman–Crippen LogP) is 5.40. The zero-order chi connectivity index (χ0) is 23.6. The van der Waals surface area contributed by atoms with Gasteiger partial charge < -0.3 is 16.0 Å². The van der Waals surface area contributed by atoms with Gasteiger partial charge in [-0.2, -0.15) is 0 Å². The van der Waals surface area contributed by atoms with Crippen molar-refractivity contribution in [3.63, 3.8) is 0 Å². The number of hydrogen-bond acceptors (Lipinski definition) is 5. The van der Waals surface area contributed by atoms with Crippen LogP contribution in [0, 0.1) is 0 Å². The number of nitrogens with zero attached hydrogens (tertiary/aromatic N) is 1. The highest BCUT2D eigenvalue weighted by molar-refractivity contribution is 7.98. The molecule has 8 heteroatoms. The van der Waals surface area contributed by atoms with E-state index in [-0.39, 0.29) is 18.0 Å². The highest BCUT2D eigenvalue weighted by atomic mass is 32.2. The Balaban J connectivity index is 1.47. The SMILES string of the molecule is CCC(C)NC(=O)c1ccc(CNC(=O)Nc2ccc(Nc3cccc(SC)c3)cn2)cc1.